The largest absolute Gasteiger partial charge is 0.451 e. The monoisotopic (exact) mass is 309 g/mol. The normalized spacial score (nSPS) is 11.8. The fourth-order valence-electron chi connectivity index (χ4n) is 1.96. The molecule has 1 aromatic heterocycles. The van der Waals surface area contributed by atoms with Crippen LogP contribution in [0.25, 0.3) is 0 Å². The lowest BCUT2D eigenvalue weighted by molar-refractivity contribution is -0.124. The Morgan fingerprint density at radius 1 is 1.32 bits per heavy atom. The minimum absolute atomic E-state index is 0.0162. The Bertz CT molecular complexity index is 568. The van der Waals surface area contributed by atoms with Crippen LogP contribution in [0.3, 0.4) is 0 Å². The van der Waals surface area contributed by atoms with E-state index in [-0.39, 0.29) is 29.8 Å². The zero-order valence-electron chi connectivity index (χ0n) is 13.3. The lowest BCUT2D eigenvalue weighted by atomic mass is 10.2. The molecule has 1 unspecified atom stereocenters. The van der Waals surface area contributed by atoms with Gasteiger partial charge in [0.25, 0.3) is 11.5 Å². The van der Waals surface area contributed by atoms with E-state index in [1.807, 2.05) is 20.8 Å². The van der Waals surface area contributed by atoms with E-state index in [0.717, 1.165) is 19.3 Å². The van der Waals surface area contributed by atoms with Crippen LogP contribution in [-0.2, 0) is 16.1 Å². The molecule has 1 aromatic rings. The van der Waals surface area contributed by atoms with E-state index in [2.05, 4.69) is 10.4 Å². The number of carbonyl (C=O) groups is 2. The summed E-state index contributed by atoms with van der Waals surface area (Å²) in [7, 11) is 0. The number of aromatic nitrogens is 2. The summed E-state index contributed by atoms with van der Waals surface area (Å²) in [5, 5.41) is 6.66. The molecule has 1 amide bonds. The molecule has 0 radical (unpaired) electrons. The van der Waals surface area contributed by atoms with Crippen LogP contribution in [-0.4, -0.2) is 34.3 Å². The highest BCUT2D eigenvalue weighted by Gasteiger charge is 2.14. The van der Waals surface area contributed by atoms with E-state index in [9.17, 15) is 14.4 Å². The van der Waals surface area contributed by atoms with Gasteiger partial charge in [-0.25, -0.2) is 9.48 Å². The second-order valence-electron chi connectivity index (χ2n) is 5.11. The Morgan fingerprint density at radius 3 is 2.68 bits per heavy atom. The fourth-order valence-corrected chi connectivity index (χ4v) is 1.96. The molecule has 0 aromatic carbocycles. The van der Waals surface area contributed by atoms with Crippen LogP contribution in [0.4, 0.5) is 0 Å². The molecule has 0 fully saturated rings. The third-order valence-corrected chi connectivity index (χ3v) is 2.97. The molecule has 0 saturated heterocycles. The van der Waals surface area contributed by atoms with Crippen LogP contribution in [0, 0.1) is 0 Å². The van der Waals surface area contributed by atoms with Crippen molar-refractivity contribution in [1.29, 1.82) is 0 Å². The molecule has 1 atom stereocenters. The van der Waals surface area contributed by atoms with Crippen LogP contribution >= 0.6 is 0 Å². The standard InChI is InChI=1S/C15H23N3O4/c1-4-6-11(3)16-13(19)10-22-15(21)12-7-8-14(20)18(17-12)9-5-2/h7-8,11H,4-6,9-10H2,1-3H3,(H,16,19). The Balaban J connectivity index is 2.57. The van der Waals surface area contributed by atoms with Gasteiger partial charge in [0, 0.05) is 18.7 Å². The number of nitrogens with zero attached hydrogens (tertiary/aromatic N) is 2. The summed E-state index contributed by atoms with van der Waals surface area (Å²) < 4.78 is 6.12. The summed E-state index contributed by atoms with van der Waals surface area (Å²) in [6.07, 6.45) is 2.55. The van der Waals surface area contributed by atoms with E-state index in [1.165, 1.54) is 16.8 Å². The molecular weight excluding hydrogens is 286 g/mol. The van der Waals surface area contributed by atoms with Gasteiger partial charge in [-0.3, -0.25) is 9.59 Å². The van der Waals surface area contributed by atoms with Gasteiger partial charge in [-0.05, 0) is 25.8 Å². The molecule has 0 bridgehead atoms. The molecule has 1 N–H and O–H groups in total. The first-order valence-electron chi connectivity index (χ1n) is 7.52. The van der Waals surface area contributed by atoms with Crippen LogP contribution < -0.4 is 10.9 Å². The zero-order valence-corrected chi connectivity index (χ0v) is 13.3. The topological polar surface area (TPSA) is 90.3 Å². The molecule has 122 valence electrons. The van der Waals surface area contributed by atoms with Crippen molar-refractivity contribution in [3.05, 3.63) is 28.2 Å². The molecule has 0 aliphatic rings. The molecule has 7 nitrogen and oxygen atoms in total. The van der Waals surface area contributed by atoms with Gasteiger partial charge in [0.05, 0.1) is 0 Å². The summed E-state index contributed by atoms with van der Waals surface area (Å²) >= 11 is 0. The highest BCUT2D eigenvalue weighted by molar-refractivity contribution is 5.89. The Hall–Kier alpha value is -2.18. The zero-order chi connectivity index (χ0) is 16.5. The van der Waals surface area contributed by atoms with E-state index in [4.69, 9.17) is 4.74 Å². The average molecular weight is 309 g/mol. The number of carbonyl (C=O) groups excluding carboxylic acids is 2. The van der Waals surface area contributed by atoms with Gasteiger partial charge in [-0.2, -0.15) is 5.10 Å². The highest BCUT2D eigenvalue weighted by atomic mass is 16.5. The summed E-state index contributed by atoms with van der Waals surface area (Å²) in [4.78, 5) is 35.0. The van der Waals surface area contributed by atoms with Gasteiger partial charge in [0.1, 0.15) is 0 Å². The number of amides is 1. The van der Waals surface area contributed by atoms with Crippen LogP contribution in [0.1, 0.15) is 50.5 Å². The maximum Gasteiger partial charge on any atom is 0.359 e. The van der Waals surface area contributed by atoms with Crippen LogP contribution in [0.15, 0.2) is 16.9 Å². The van der Waals surface area contributed by atoms with Crippen molar-refractivity contribution >= 4 is 11.9 Å². The summed E-state index contributed by atoms with van der Waals surface area (Å²) in [5.74, 6) is -1.07. The summed E-state index contributed by atoms with van der Waals surface area (Å²) in [6.45, 7) is 5.89. The average Bonchev–Trinajstić information content (AvgIpc) is 2.47. The molecule has 1 heterocycles. The highest BCUT2D eigenvalue weighted by Crippen LogP contribution is 1.97. The predicted octanol–water partition coefficient (Wildman–Crippen LogP) is 1.11. The Morgan fingerprint density at radius 2 is 2.05 bits per heavy atom. The smallest absolute Gasteiger partial charge is 0.359 e. The first-order valence-corrected chi connectivity index (χ1v) is 7.52. The number of esters is 1. The van der Waals surface area contributed by atoms with Crippen molar-refractivity contribution in [2.45, 2.75) is 52.6 Å². The number of aryl methyl sites for hydroxylation is 1. The number of hydrogen-bond acceptors (Lipinski definition) is 5. The van der Waals surface area contributed by atoms with Crippen LogP contribution in [0.2, 0.25) is 0 Å². The van der Waals surface area contributed by atoms with Gasteiger partial charge in [-0.1, -0.05) is 20.3 Å². The van der Waals surface area contributed by atoms with Crippen molar-refractivity contribution in [3.8, 4) is 0 Å². The lowest BCUT2D eigenvalue weighted by Gasteiger charge is -2.12. The minimum Gasteiger partial charge on any atom is -0.451 e. The second kappa shape index (κ2) is 8.96. The molecule has 0 saturated carbocycles. The summed E-state index contributed by atoms with van der Waals surface area (Å²) in [5.41, 5.74) is -0.257. The van der Waals surface area contributed by atoms with E-state index < -0.39 is 5.97 Å². The third kappa shape index (κ3) is 5.67. The third-order valence-electron chi connectivity index (χ3n) is 2.97. The predicted molar refractivity (Wildman–Crippen MR) is 81.6 cm³/mol. The van der Waals surface area contributed by atoms with Crippen LogP contribution in [0.5, 0.6) is 0 Å². The number of nitrogens with one attached hydrogen (secondary N) is 1. The lowest BCUT2D eigenvalue weighted by Crippen LogP contribution is -2.36. The number of hydrogen-bond donors (Lipinski definition) is 1. The first kappa shape index (κ1) is 17.9. The fraction of sp³-hybridized carbons (Fsp3) is 0.600. The van der Waals surface area contributed by atoms with E-state index >= 15 is 0 Å². The SMILES string of the molecule is CCCC(C)NC(=O)COC(=O)c1ccc(=O)n(CCC)n1. The second-order valence-corrected chi connectivity index (χ2v) is 5.11. The quantitative estimate of drug-likeness (QED) is 0.727. The number of rotatable bonds is 8. The molecule has 0 aliphatic carbocycles. The molecular formula is C15H23N3O4. The molecule has 7 heteroatoms. The molecule has 22 heavy (non-hydrogen) atoms. The number of ether oxygens (including phenoxy) is 1. The van der Waals surface area contributed by atoms with Crippen molar-refractivity contribution in [3.63, 3.8) is 0 Å². The van der Waals surface area contributed by atoms with E-state index in [0.29, 0.717) is 6.54 Å². The minimum atomic E-state index is -0.719. The van der Waals surface area contributed by atoms with Gasteiger partial charge in [-0.15, -0.1) is 0 Å². The van der Waals surface area contributed by atoms with Crippen molar-refractivity contribution < 1.29 is 14.3 Å². The Labute approximate surface area is 129 Å². The van der Waals surface area contributed by atoms with E-state index in [1.54, 1.807) is 0 Å². The van der Waals surface area contributed by atoms with Gasteiger partial charge in [0.15, 0.2) is 12.3 Å². The van der Waals surface area contributed by atoms with Gasteiger partial charge >= 0.3 is 5.97 Å². The Kier molecular flexibility index (Phi) is 7.28. The van der Waals surface area contributed by atoms with Gasteiger partial charge < -0.3 is 10.1 Å². The van der Waals surface area contributed by atoms with Crippen molar-refractivity contribution in [2.24, 2.45) is 0 Å². The molecule has 0 aliphatic heterocycles. The maximum atomic E-state index is 11.8. The van der Waals surface area contributed by atoms with Crippen molar-refractivity contribution in [2.75, 3.05) is 6.61 Å². The molecule has 0 spiro atoms. The van der Waals surface area contributed by atoms with Crippen molar-refractivity contribution in [1.82, 2.24) is 15.1 Å². The summed E-state index contributed by atoms with van der Waals surface area (Å²) in [6, 6.07) is 2.61. The molecule has 1 rings (SSSR count). The maximum absolute atomic E-state index is 11.8. The van der Waals surface area contributed by atoms with Gasteiger partial charge in [0.2, 0.25) is 0 Å². The first-order chi connectivity index (χ1) is 10.5.